The van der Waals surface area contributed by atoms with E-state index in [1.807, 2.05) is 0 Å². The minimum atomic E-state index is -5.85. The Morgan fingerprint density at radius 2 is 0.644 bits per heavy atom. The zero-order chi connectivity index (χ0) is 34.1. The van der Waals surface area contributed by atoms with Crippen molar-refractivity contribution >= 4 is 62.0 Å². The van der Waals surface area contributed by atoms with E-state index in [0.717, 1.165) is 12.1 Å². The van der Waals surface area contributed by atoms with Crippen molar-refractivity contribution in [1.29, 1.82) is 0 Å². The fraction of sp³-hybridized carbons (Fsp3) is 0.0769. The van der Waals surface area contributed by atoms with Crippen LogP contribution in [0.4, 0.5) is 65.9 Å². The summed E-state index contributed by atoms with van der Waals surface area (Å²) in [6.45, 7) is -2.07. The number of benzene rings is 4. The Bertz CT molecular complexity index is 1630. The maximum Gasteiger partial charge on any atom is 0.280 e. The average Bonchev–Trinajstić information content (AvgIpc) is 3.02. The van der Waals surface area contributed by atoms with E-state index in [2.05, 4.69) is 0 Å². The Balaban J connectivity index is 2.51. The number of rotatable bonds is 6. The quantitative estimate of drug-likeness (QED) is 0.0724. The lowest BCUT2D eigenvalue weighted by Gasteiger charge is -2.44. The summed E-state index contributed by atoms with van der Waals surface area (Å²) in [5, 5.41) is -0.103. The molecule has 0 spiro atoms. The van der Waals surface area contributed by atoms with E-state index in [1.54, 1.807) is 0 Å². The number of halogens is 17. The van der Waals surface area contributed by atoms with Crippen molar-refractivity contribution in [2.24, 2.45) is 0 Å². The molecule has 0 aliphatic rings. The molecule has 0 heterocycles. The topological polar surface area (TPSA) is 0 Å². The lowest BCUT2D eigenvalue weighted by Crippen LogP contribution is -2.79. The summed E-state index contributed by atoms with van der Waals surface area (Å²) in [6, 6.07) is 2.19. The van der Waals surface area contributed by atoms with Crippen LogP contribution >= 0.6 is 22.2 Å². The second-order valence-corrected chi connectivity index (χ2v) is 16.6. The third-order valence-corrected chi connectivity index (χ3v) is 12.3. The Kier molecular flexibility index (Phi) is 9.07. The summed E-state index contributed by atoms with van der Waals surface area (Å²) in [7, 11) is 0. The van der Waals surface area contributed by atoms with Gasteiger partial charge in [-0.2, -0.15) is 5.46 Å². The fourth-order valence-electron chi connectivity index (χ4n) is 5.16. The minimum absolute atomic E-state index is 0.00132. The van der Waals surface area contributed by atoms with Crippen molar-refractivity contribution in [3.63, 3.8) is 0 Å². The first-order valence-corrected chi connectivity index (χ1v) is 16.2. The minimum Gasteiger partial charge on any atom is -0.207 e. The molecule has 0 unspecified atom stereocenters. The molecule has 240 valence electrons. The molecule has 0 saturated heterocycles. The molecule has 0 nitrogen and oxygen atoms in total. The predicted molar refractivity (Wildman–Crippen MR) is 137 cm³/mol. The number of hydrogen-bond acceptors (Lipinski definition) is 0. The SMILES string of the molecule is CC[Si](Cl)(Cl)c1ccc([B-](c2c(F)c(F)c(F)c(F)c2F)(c2c(F)c(F)c(F)c(F)c2F)c2c(F)c(F)c(F)c(F)c2F)cc1. The summed E-state index contributed by atoms with van der Waals surface area (Å²) >= 11 is 12.4. The zero-order valence-electron chi connectivity index (χ0n) is 21.5. The number of hydrogen-bond donors (Lipinski definition) is 0. The van der Waals surface area contributed by atoms with Gasteiger partial charge in [0.05, 0.1) is 0 Å². The molecule has 0 fully saturated rings. The van der Waals surface area contributed by atoms with Crippen molar-refractivity contribution in [3.05, 3.63) is 112 Å². The van der Waals surface area contributed by atoms with Gasteiger partial charge in [0.2, 0.25) is 0 Å². The fourth-order valence-corrected chi connectivity index (χ4v) is 6.98. The van der Waals surface area contributed by atoms with Gasteiger partial charge >= 0.3 is 0 Å². The van der Waals surface area contributed by atoms with Crippen LogP contribution in [0.5, 0.6) is 0 Å². The monoisotopic (exact) mass is 715 g/mol. The van der Waals surface area contributed by atoms with Crippen molar-refractivity contribution in [2.75, 3.05) is 0 Å². The van der Waals surface area contributed by atoms with Crippen LogP contribution in [0.25, 0.3) is 0 Å². The molecule has 0 aromatic heterocycles. The van der Waals surface area contributed by atoms with E-state index >= 15 is 26.3 Å². The van der Waals surface area contributed by atoms with Crippen LogP contribution in [-0.4, -0.2) is 12.8 Å². The highest BCUT2D eigenvalue weighted by Gasteiger charge is 2.49. The molecule has 4 aromatic rings. The van der Waals surface area contributed by atoms with E-state index in [1.165, 1.54) is 6.92 Å². The van der Waals surface area contributed by atoms with Gasteiger partial charge in [-0.1, -0.05) is 31.2 Å². The average molecular weight is 716 g/mol. The molecule has 0 saturated carbocycles. The molecule has 0 bridgehead atoms. The molecule has 45 heavy (non-hydrogen) atoms. The van der Waals surface area contributed by atoms with Crippen LogP contribution in [0.15, 0.2) is 24.3 Å². The van der Waals surface area contributed by atoms with Gasteiger partial charge in [-0.15, -0.1) is 38.5 Å². The molecule has 0 N–H and O–H groups in total. The van der Waals surface area contributed by atoms with Crippen molar-refractivity contribution in [2.45, 2.75) is 13.0 Å². The van der Waals surface area contributed by atoms with Gasteiger partial charge in [-0.05, 0) is 11.2 Å². The smallest absolute Gasteiger partial charge is 0.207 e. The van der Waals surface area contributed by atoms with Gasteiger partial charge in [0.1, 0.15) is 41.0 Å². The van der Waals surface area contributed by atoms with E-state index in [-0.39, 0.29) is 11.2 Å². The normalized spacial score (nSPS) is 12.3. The van der Waals surface area contributed by atoms with Gasteiger partial charge in [0.25, 0.3) is 6.69 Å². The van der Waals surface area contributed by atoms with Crippen LogP contribution in [0.3, 0.4) is 0 Å². The summed E-state index contributed by atoms with van der Waals surface area (Å²) < 4.78 is 224. The van der Waals surface area contributed by atoms with Crippen LogP contribution in [0.2, 0.25) is 6.04 Å². The summed E-state index contributed by atoms with van der Waals surface area (Å²) in [4.78, 5) is 0. The first-order chi connectivity index (χ1) is 20.8. The lowest BCUT2D eigenvalue weighted by atomic mass is 9.12. The van der Waals surface area contributed by atoms with E-state index in [4.69, 9.17) is 22.2 Å². The van der Waals surface area contributed by atoms with E-state index in [9.17, 15) is 39.5 Å². The molecule has 4 aromatic carbocycles. The third kappa shape index (κ3) is 4.88. The molecule has 0 amide bonds. The zero-order valence-corrected chi connectivity index (χ0v) is 24.0. The van der Waals surface area contributed by atoms with Crippen LogP contribution in [-0.2, 0) is 0 Å². The van der Waals surface area contributed by atoms with Crippen LogP contribution in [0.1, 0.15) is 6.92 Å². The van der Waals surface area contributed by atoms with Crippen molar-refractivity contribution in [3.8, 4) is 0 Å². The summed E-state index contributed by atoms with van der Waals surface area (Å²) in [5.41, 5.74) is -9.63. The van der Waals surface area contributed by atoms with E-state index in [0.29, 0.717) is 12.1 Å². The first kappa shape index (κ1) is 34.6. The lowest BCUT2D eigenvalue weighted by molar-refractivity contribution is 0.380. The van der Waals surface area contributed by atoms with Gasteiger partial charge in [0.15, 0.2) is 52.4 Å². The Morgan fingerprint density at radius 1 is 0.422 bits per heavy atom. The molecular weight excluding hydrogens is 707 g/mol. The summed E-state index contributed by atoms with van der Waals surface area (Å²) in [6.07, 6.45) is -5.85. The van der Waals surface area contributed by atoms with Gasteiger partial charge in [-0.25, -0.2) is 65.9 Å². The van der Waals surface area contributed by atoms with Crippen LogP contribution < -0.4 is 27.0 Å². The largest absolute Gasteiger partial charge is 0.280 e. The molecule has 0 aliphatic heterocycles. The maximum atomic E-state index is 15.6. The third-order valence-electron chi connectivity index (χ3n) is 7.31. The molecular formula is C26H9BCl2F15Si-. The Morgan fingerprint density at radius 3 is 0.867 bits per heavy atom. The van der Waals surface area contributed by atoms with Crippen LogP contribution in [0, 0.1) is 87.3 Å². The highest BCUT2D eigenvalue weighted by atomic mass is 35.7. The summed E-state index contributed by atoms with van der Waals surface area (Å²) in [5.74, 6) is -46.0. The Hall–Kier alpha value is -3.31. The van der Waals surface area contributed by atoms with Crippen molar-refractivity contribution < 1.29 is 65.9 Å². The molecule has 0 radical (unpaired) electrons. The Labute approximate surface area is 252 Å². The second kappa shape index (κ2) is 11.8. The molecule has 19 heteroatoms. The van der Waals surface area contributed by atoms with Crippen molar-refractivity contribution in [1.82, 2.24) is 0 Å². The maximum absolute atomic E-state index is 15.6. The predicted octanol–water partition coefficient (Wildman–Crippen LogP) is 6.30. The highest BCUT2D eigenvalue weighted by Crippen LogP contribution is 2.28. The van der Waals surface area contributed by atoms with Gasteiger partial charge in [0, 0.05) is 0 Å². The molecule has 0 atom stereocenters. The van der Waals surface area contributed by atoms with E-state index < -0.39 is 122 Å². The molecule has 4 rings (SSSR count). The standard InChI is InChI=1S/C26H9BCl2F15Si/c1-2-45(28,29)8-5-3-7(4-6-8)27(9-12(30)18(36)24(42)19(37)13(9)31,10-14(32)20(38)25(43)21(39)15(10)33)11-16(34)22(40)26(44)23(41)17(11)35/h3-6H,2H2,1H3/q-1. The first-order valence-electron chi connectivity index (χ1n) is 12.0. The second-order valence-electron chi connectivity index (χ2n) is 9.50. The van der Waals surface area contributed by atoms with Gasteiger partial charge in [-0.3, -0.25) is 0 Å². The molecule has 0 aliphatic carbocycles. The van der Waals surface area contributed by atoms with Gasteiger partial charge < -0.3 is 0 Å². The highest BCUT2D eigenvalue weighted by molar-refractivity contribution is 7.50.